The quantitative estimate of drug-likeness (QED) is 0.906. The number of aliphatic hydroxyl groups is 1. The molecule has 0 bridgehead atoms. The highest BCUT2D eigenvalue weighted by atomic mass is 19.4. The highest BCUT2D eigenvalue weighted by molar-refractivity contribution is 5.93. The lowest BCUT2D eigenvalue weighted by atomic mass is 9.80. The molecule has 0 saturated heterocycles. The van der Waals surface area contributed by atoms with Crippen LogP contribution in [-0.4, -0.2) is 40.7 Å². The molecule has 1 saturated carbocycles. The molecule has 3 rings (SSSR count). The van der Waals surface area contributed by atoms with Crippen LogP contribution in [-0.2, 0) is 11.2 Å². The lowest BCUT2D eigenvalue weighted by molar-refractivity contribution is -0.317. The third kappa shape index (κ3) is 2.99. The van der Waals surface area contributed by atoms with Crippen LogP contribution >= 0.6 is 0 Å². The smallest absolute Gasteiger partial charge is 0.439 e. The van der Waals surface area contributed by atoms with Crippen molar-refractivity contribution in [2.24, 2.45) is 11.0 Å². The molecule has 2 aliphatic rings. The van der Waals surface area contributed by atoms with Crippen LogP contribution in [0.15, 0.2) is 29.4 Å². The number of amides is 1. The highest BCUT2D eigenvalue weighted by Crippen LogP contribution is 2.48. The maximum absolute atomic E-state index is 13.6. The first-order valence-electron chi connectivity index (χ1n) is 8.10. The van der Waals surface area contributed by atoms with E-state index in [0.29, 0.717) is 30.6 Å². The van der Waals surface area contributed by atoms with Crippen molar-refractivity contribution >= 4 is 11.6 Å². The molecule has 0 aromatic heterocycles. The number of carbonyl (C=O) groups excluding carboxylic acids is 1. The fourth-order valence-corrected chi connectivity index (χ4v) is 3.46. The van der Waals surface area contributed by atoms with Gasteiger partial charge in [0.05, 0.1) is 19.4 Å². The molecule has 1 N–H and O–H groups in total. The predicted molar refractivity (Wildman–Crippen MR) is 83.9 cm³/mol. The Morgan fingerprint density at radius 1 is 1.36 bits per heavy atom. The lowest BCUT2D eigenvalue weighted by Gasteiger charge is -2.38. The summed E-state index contributed by atoms with van der Waals surface area (Å²) in [6.07, 6.45) is -3.44. The van der Waals surface area contributed by atoms with E-state index >= 15 is 0 Å². The second-order valence-electron chi connectivity index (χ2n) is 6.34. The largest absolute Gasteiger partial charge is 0.497 e. The molecule has 1 amide bonds. The van der Waals surface area contributed by atoms with Crippen LogP contribution in [0.1, 0.15) is 31.2 Å². The number of hydrogen-bond acceptors (Lipinski definition) is 4. The second-order valence-corrected chi connectivity index (χ2v) is 6.34. The molecular formula is C17H19F3N2O3. The van der Waals surface area contributed by atoms with Crippen LogP contribution in [0.3, 0.4) is 0 Å². The number of halogens is 3. The molecule has 136 valence electrons. The number of hydrazone groups is 1. The minimum absolute atomic E-state index is 0.168. The van der Waals surface area contributed by atoms with Gasteiger partial charge in [0, 0.05) is 5.71 Å². The van der Waals surface area contributed by atoms with Crippen molar-refractivity contribution < 1.29 is 27.8 Å². The summed E-state index contributed by atoms with van der Waals surface area (Å²) in [5.74, 6) is -1.48. The molecule has 25 heavy (non-hydrogen) atoms. The molecule has 1 heterocycles. The molecule has 1 aliphatic heterocycles. The highest BCUT2D eigenvalue weighted by Gasteiger charge is 2.68. The van der Waals surface area contributed by atoms with E-state index in [-0.39, 0.29) is 23.6 Å². The summed E-state index contributed by atoms with van der Waals surface area (Å²) in [4.78, 5) is 12.5. The minimum Gasteiger partial charge on any atom is -0.497 e. The summed E-state index contributed by atoms with van der Waals surface area (Å²) >= 11 is 0. The zero-order chi connectivity index (χ0) is 18.2. The maximum Gasteiger partial charge on any atom is 0.439 e. The van der Waals surface area contributed by atoms with Crippen molar-refractivity contribution in [2.45, 2.75) is 44.0 Å². The summed E-state index contributed by atoms with van der Waals surface area (Å²) in [7, 11) is 1.49. The normalized spacial score (nSPS) is 26.2. The van der Waals surface area contributed by atoms with Crippen molar-refractivity contribution in [1.82, 2.24) is 5.01 Å². The molecule has 1 fully saturated rings. The zero-order valence-electron chi connectivity index (χ0n) is 13.7. The number of nitrogens with zero attached hydrogens (tertiary/aromatic N) is 2. The van der Waals surface area contributed by atoms with Gasteiger partial charge in [-0.05, 0) is 37.0 Å². The summed E-state index contributed by atoms with van der Waals surface area (Å²) in [5.41, 5.74) is -2.48. The van der Waals surface area contributed by atoms with Crippen molar-refractivity contribution in [1.29, 1.82) is 0 Å². The van der Waals surface area contributed by atoms with Gasteiger partial charge in [0.25, 0.3) is 5.72 Å². The number of carbonyl (C=O) groups is 1. The number of benzene rings is 1. The molecule has 2 atom stereocenters. The first-order valence-corrected chi connectivity index (χ1v) is 8.10. The van der Waals surface area contributed by atoms with Crippen LogP contribution < -0.4 is 4.74 Å². The van der Waals surface area contributed by atoms with Crippen molar-refractivity contribution in [3.05, 3.63) is 29.8 Å². The molecule has 8 heteroatoms. The van der Waals surface area contributed by atoms with Gasteiger partial charge in [-0.25, -0.2) is 0 Å². The second kappa shape index (κ2) is 6.33. The van der Waals surface area contributed by atoms with Crippen LogP contribution in [0, 0.1) is 5.92 Å². The SMILES string of the molecule is COc1ccc(CC(=O)N2N=C3CCCC[C@H]3[C@]2(O)C(F)(F)F)cc1. The van der Waals surface area contributed by atoms with Crippen LogP contribution in [0.5, 0.6) is 5.75 Å². The molecule has 5 nitrogen and oxygen atoms in total. The summed E-state index contributed by atoms with van der Waals surface area (Å²) in [5, 5.41) is 14.6. The van der Waals surface area contributed by atoms with Gasteiger partial charge in [-0.3, -0.25) is 4.79 Å². The first-order chi connectivity index (χ1) is 11.8. The summed E-state index contributed by atoms with van der Waals surface area (Å²) < 4.78 is 45.9. The van der Waals surface area contributed by atoms with E-state index in [1.54, 1.807) is 24.3 Å². The van der Waals surface area contributed by atoms with Gasteiger partial charge >= 0.3 is 6.18 Å². The van der Waals surface area contributed by atoms with E-state index in [9.17, 15) is 23.1 Å². The van der Waals surface area contributed by atoms with Crippen LogP contribution in [0.4, 0.5) is 13.2 Å². The molecule has 1 aromatic carbocycles. The number of ether oxygens (including phenoxy) is 1. The summed E-state index contributed by atoms with van der Waals surface area (Å²) in [6.45, 7) is 0. The molecule has 1 aliphatic carbocycles. The van der Waals surface area contributed by atoms with Crippen LogP contribution in [0.2, 0.25) is 0 Å². The Balaban J connectivity index is 1.87. The lowest BCUT2D eigenvalue weighted by Crippen LogP contribution is -2.61. The number of methoxy groups -OCH3 is 1. The Kier molecular flexibility index (Phi) is 4.49. The Morgan fingerprint density at radius 3 is 2.64 bits per heavy atom. The van der Waals surface area contributed by atoms with E-state index in [1.165, 1.54) is 7.11 Å². The van der Waals surface area contributed by atoms with Gasteiger partial charge in [-0.15, -0.1) is 0 Å². The third-order valence-corrected chi connectivity index (χ3v) is 4.78. The summed E-state index contributed by atoms with van der Waals surface area (Å²) in [6, 6.07) is 6.43. The Labute approximate surface area is 143 Å². The monoisotopic (exact) mass is 356 g/mol. The van der Waals surface area contributed by atoms with E-state index < -0.39 is 23.7 Å². The average molecular weight is 356 g/mol. The van der Waals surface area contributed by atoms with Gasteiger partial charge in [0.15, 0.2) is 0 Å². The number of rotatable bonds is 3. The fraction of sp³-hybridized carbons (Fsp3) is 0.529. The number of alkyl halides is 3. The molecule has 0 unspecified atom stereocenters. The van der Waals surface area contributed by atoms with Gasteiger partial charge in [-0.1, -0.05) is 18.6 Å². The molecule has 0 radical (unpaired) electrons. The zero-order valence-corrected chi connectivity index (χ0v) is 13.7. The number of fused-ring (bicyclic) bond motifs is 1. The first kappa shape index (κ1) is 17.7. The topological polar surface area (TPSA) is 62.1 Å². The van der Waals surface area contributed by atoms with E-state index in [0.717, 1.165) is 0 Å². The van der Waals surface area contributed by atoms with E-state index in [4.69, 9.17) is 4.74 Å². The maximum atomic E-state index is 13.6. The van der Waals surface area contributed by atoms with E-state index in [2.05, 4.69) is 5.10 Å². The standard InChI is InChI=1S/C17H19F3N2O3/c1-25-12-8-6-11(7-9-12)10-15(23)22-16(24,17(18,19)20)13-4-2-3-5-14(13)21-22/h6-9,13,24H,2-5,10H2,1H3/t13-,16+/m1/s1. The van der Waals surface area contributed by atoms with Crippen molar-refractivity contribution in [3.8, 4) is 5.75 Å². The number of hydrogen-bond donors (Lipinski definition) is 1. The van der Waals surface area contributed by atoms with Gasteiger partial charge in [0.1, 0.15) is 5.75 Å². The van der Waals surface area contributed by atoms with Crippen LogP contribution in [0.25, 0.3) is 0 Å². The van der Waals surface area contributed by atoms with E-state index in [1.807, 2.05) is 0 Å². The third-order valence-electron chi connectivity index (χ3n) is 4.78. The molecule has 1 aromatic rings. The Bertz CT molecular complexity index is 687. The molecular weight excluding hydrogens is 337 g/mol. The average Bonchev–Trinajstić information content (AvgIpc) is 2.90. The van der Waals surface area contributed by atoms with Gasteiger partial charge in [0.2, 0.25) is 5.91 Å². The van der Waals surface area contributed by atoms with Crippen molar-refractivity contribution in [3.63, 3.8) is 0 Å². The Hall–Kier alpha value is -2.09. The fourth-order valence-electron chi connectivity index (χ4n) is 3.46. The molecule has 0 spiro atoms. The van der Waals surface area contributed by atoms with Crippen molar-refractivity contribution in [2.75, 3.05) is 7.11 Å². The predicted octanol–water partition coefficient (Wildman–Crippen LogP) is 2.88. The van der Waals surface area contributed by atoms with Gasteiger partial charge < -0.3 is 9.84 Å². The minimum atomic E-state index is -4.98. The Morgan fingerprint density at radius 2 is 2.04 bits per heavy atom. The van der Waals surface area contributed by atoms with Gasteiger partial charge in [-0.2, -0.15) is 23.3 Å².